The maximum Gasteiger partial charge on any atom is 0.287 e. The normalized spacial score (nSPS) is 19.2. The summed E-state index contributed by atoms with van der Waals surface area (Å²) < 4.78 is 5.69. The molecule has 2 aromatic carbocycles. The second-order valence-corrected chi connectivity index (χ2v) is 10.9. The Morgan fingerprint density at radius 1 is 1.08 bits per heavy atom. The fraction of sp³-hybridized carbons (Fsp3) is 0.387. The number of amides is 2. The third-order valence-electron chi connectivity index (χ3n) is 7.25. The first-order valence-electron chi connectivity index (χ1n) is 13.7. The summed E-state index contributed by atoms with van der Waals surface area (Å²) in [5.74, 6) is -0.366. The molecule has 2 aromatic heterocycles. The summed E-state index contributed by atoms with van der Waals surface area (Å²) in [4.78, 5) is 33.3. The lowest BCUT2D eigenvalue weighted by atomic mass is 10.0. The van der Waals surface area contributed by atoms with Crippen LogP contribution in [-0.4, -0.2) is 58.1 Å². The van der Waals surface area contributed by atoms with E-state index in [9.17, 15) is 14.7 Å². The third kappa shape index (κ3) is 6.64. The molecule has 0 saturated carbocycles. The number of hydrogen-bond donors (Lipinski definition) is 3. The van der Waals surface area contributed by atoms with Gasteiger partial charge in [0.1, 0.15) is 11.6 Å². The van der Waals surface area contributed by atoms with Gasteiger partial charge in [-0.05, 0) is 56.0 Å². The fourth-order valence-corrected chi connectivity index (χ4v) is 5.26. The smallest absolute Gasteiger partial charge is 0.287 e. The van der Waals surface area contributed by atoms with Crippen molar-refractivity contribution in [2.24, 2.45) is 5.92 Å². The number of carbonyl (C=O) groups excluding carboxylic acids is 2. The van der Waals surface area contributed by atoms with Gasteiger partial charge in [0.2, 0.25) is 5.91 Å². The van der Waals surface area contributed by atoms with Crippen LogP contribution in [0.1, 0.15) is 49.4 Å². The van der Waals surface area contributed by atoms with Gasteiger partial charge < -0.3 is 20.2 Å². The molecule has 8 nitrogen and oxygen atoms in total. The molecule has 39 heavy (non-hydrogen) atoms. The van der Waals surface area contributed by atoms with E-state index in [1.807, 2.05) is 62.4 Å². The van der Waals surface area contributed by atoms with E-state index in [2.05, 4.69) is 21.6 Å². The van der Waals surface area contributed by atoms with Crippen molar-refractivity contribution in [1.82, 2.24) is 20.5 Å². The zero-order valence-electron chi connectivity index (χ0n) is 22.5. The molecular weight excluding hydrogens is 492 g/mol. The van der Waals surface area contributed by atoms with Crippen LogP contribution in [-0.2, 0) is 11.3 Å². The first-order valence-corrected chi connectivity index (χ1v) is 13.7. The highest BCUT2D eigenvalue weighted by Gasteiger charge is 2.31. The zero-order valence-corrected chi connectivity index (χ0v) is 22.5. The van der Waals surface area contributed by atoms with Gasteiger partial charge in [0.25, 0.3) is 5.91 Å². The van der Waals surface area contributed by atoms with E-state index in [0.29, 0.717) is 31.5 Å². The largest absolute Gasteiger partial charge is 0.451 e. The van der Waals surface area contributed by atoms with E-state index < -0.39 is 24.1 Å². The molecule has 0 bridgehead atoms. The number of likely N-dealkylation sites (tertiary alicyclic amines) is 1. The van der Waals surface area contributed by atoms with Crippen LogP contribution in [0.4, 0.5) is 0 Å². The number of rotatable bonds is 8. The Bertz CT molecular complexity index is 1420. The van der Waals surface area contributed by atoms with E-state index in [4.69, 9.17) is 9.40 Å². The van der Waals surface area contributed by atoms with Crippen molar-refractivity contribution in [3.05, 3.63) is 78.2 Å². The lowest BCUT2D eigenvalue weighted by Crippen LogP contribution is -2.53. The number of benzene rings is 2. The number of pyridine rings is 1. The van der Waals surface area contributed by atoms with Gasteiger partial charge in [0.05, 0.1) is 23.4 Å². The molecule has 0 aliphatic carbocycles. The summed E-state index contributed by atoms with van der Waals surface area (Å²) in [5.41, 5.74) is 2.53. The summed E-state index contributed by atoms with van der Waals surface area (Å²) in [6.45, 7) is 5.88. The van der Waals surface area contributed by atoms with Gasteiger partial charge in [0, 0.05) is 23.9 Å². The number of nitrogens with zero attached hydrogens (tertiary/aromatic N) is 2. The molecule has 8 heteroatoms. The molecule has 3 heterocycles. The predicted octanol–water partition coefficient (Wildman–Crippen LogP) is 4.27. The molecule has 3 N–H and O–H groups in total. The van der Waals surface area contributed by atoms with E-state index in [1.165, 1.54) is 0 Å². The van der Waals surface area contributed by atoms with E-state index in [0.717, 1.165) is 34.9 Å². The van der Waals surface area contributed by atoms with Crippen molar-refractivity contribution in [3.63, 3.8) is 0 Å². The van der Waals surface area contributed by atoms with Gasteiger partial charge in [-0.3, -0.25) is 19.5 Å². The molecular formula is C31H36N4O4. The quantitative estimate of drug-likeness (QED) is 0.315. The second kappa shape index (κ2) is 12.0. The SMILES string of the molecule is CC(C)C[C@H](NC(=O)c1cc2ccccc2o1)C(=O)NC1CCCN(Cc2ccc3ccccc3n2)CC1O. The summed E-state index contributed by atoms with van der Waals surface area (Å²) in [6, 6.07) is 20.1. The molecule has 1 fully saturated rings. The number of para-hydroxylation sites is 2. The number of aromatic nitrogens is 1. The van der Waals surface area contributed by atoms with Gasteiger partial charge in [-0.25, -0.2) is 0 Å². The Morgan fingerprint density at radius 3 is 2.64 bits per heavy atom. The topological polar surface area (TPSA) is 108 Å². The Hall–Kier alpha value is -3.75. The lowest BCUT2D eigenvalue weighted by molar-refractivity contribution is -0.125. The lowest BCUT2D eigenvalue weighted by Gasteiger charge is -2.27. The highest BCUT2D eigenvalue weighted by atomic mass is 16.3. The van der Waals surface area contributed by atoms with Gasteiger partial charge in [-0.15, -0.1) is 0 Å². The molecule has 2 unspecified atom stereocenters. The summed E-state index contributed by atoms with van der Waals surface area (Å²) >= 11 is 0. The Kier molecular flexibility index (Phi) is 8.24. The van der Waals surface area contributed by atoms with Crippen LogP contribution in [0, 0.1) is 5.92 Å². The average molecular weight is 529 g/mol. The predicted molar refractivity (Wildman–Crippen MR) is 151 cm³/mol. The minimum absolute atomic E-state index is 0.171. The number of furan rings is 1. The maximum atomic E-state index is 13.3. The van der Waals surface area contributed by atoms with Crippen molar-refractivity contribution in [3.8, 4) is 0 Å². The number of aliphatic hydroxyl groups excluding tert-OH is 1. The number of hydrogen-bond acceptors (Lipinski definition) is 6. The number of fused-ring (bicyclic) bond motifs is 2. The second-order valence-electron chi connectivity index (χ2n) is 10.9. The van der Waals surface area contributed by atoms with E-state index >= 15 is 0 Å². The van der Waals surface area contributed by atoms with Crippen LogP contribution in [0.5, 0.6) is 0 Å². The number of β-amino-alcohol motifs (C(OH)–C–C–N with tert-alkyl or cyclic N) is 1. The summed E-state index contributed by atoms with van der Waals surface area (Å²) in [7, 11) is 0. The van der Waals surface area contributed by atoms with Crippen molar-refractivity contribution >= 4 is 33.7 Å². The van der Waals surface area contributed by atoms with Gasteiger partial charge in [-0.1, -0.05) is 56.3 Å². The molecule has 204 valence electrons. The van der Waals surface area contributed by atoms with Crippen molar-refractivity contribution in [2.45, 2.75) is 57.8 Å². The van der Waals surface area contributed by atoms with E-state index in [1.54, 1.807) is 12.1 Å². The molecule has 4 aromatic rings. The van der Waals surface area contributed by atoms with Crippen LogP contribution in [0.2, 0.25) is 0 Å². The molecule has 5 rings (SSSR count). The highest BCUT2D eigenvalue weighted by molar-refractivity contribution is 5.98. The Labute approximate surface area is 228 Å². The van der Waals surface area contributed by atoms with Crippen molar-refractivity contribution < 1.29 is 19.1 Å². The highest BCUT2D eigenvalue weighted by Crippen LogP contribution is 2.20. The van der Waals surface area contributed by atoms with Crippen LogP contribution in [0.15, 0.2) is 71.1 Å². The molecule has 1 saturated heterocycles. The first kappa shape index (κ1) is 26.8. The zero-order chi connectivity index (χ0) is 27.4. The van der Waals surface area contributed by atoms with Gasteiger partial charge >= 0.3 is 0 Å². The summed E-state index contributed by atoms with van der Waals surface area (Å²) in [5, 5.41) is 18.9. The van der Waals surface area contributed by atoms with Crippen LogP contribution in [0.3, 0.4) is 0 Å². The van der Waals surface area contributed by atoms with Crippen LogP contribution < -0.4 is 10.6 Å². The molecule has 2 amide bonds. The minimum Gasteiger partial charge on any atom is -0.451 e. The Morgan fingerprint density at radius 2 is 1.85 bits per heavy atom. The average Bonchev–Trinajstić information content (AvgIpc) is 3.28. The van der Waals surface area contributed by atoms with Crippen molar-refractivity contribution in [1.29, 1.82) is 0 Å². The molecule has 1 aliphatic heterocycles. The monoisotopic (exact) mass is 528 g/mol. The minimum atomic E-state index is -0.737. The molecule has 1 aliphatic rings. The molecule has 0 radical (unpaired) electrons. The van der Waals surface area contributed by atoms with Crippen LogP contribution >= 0.6 is 0 Å². The summed E-state index contributed by atoms with van der Waals surface area (Å²) in [6.07, 6.45) is 1.22. The molecule has 0 spiro atoms. The standard InChI is InChI=1S/C31H36N4O4/c1-20(2)16-26(34-31(38)29-17-22-9-4-6-12-28(22)39-29)30(37)33-25-11-7-15-35(19-27(25)36)18-23-14-13-21-8-3-5-10-24(21)32-23/h3-6,8-10,12-14,17,20,25-27,36H,7,11,15-16,18-19H2,1-2H3,(H,33,37)(H,34,38)/t25?,26-,27?/m0/s1. The molecule has 3 atom stereocenters. The number of aliphatic hydroxyl groups is 1. The Balaban J connectivity index is 1.21. The van der Waals surface area contributed by atoms with E-state index in [-0.39, 0.29) is 17.6 Å². The van der Waals surface area contributed by atoms with Crippen molar-refractivity contribution in [2.75, 3.05) is 13.1 Å². The third-order valence-corrected chi connectivity index (χ3v) is 7.25. The number of nitrogens with one attached hydrogen (secondary N) is 2. The van der Waals surface area contributed by atoms with Crippen LogP contribution in [0.25, 0.3) is 21.9 Å². The maximum absolute atomic E-state index is 13.3. The van der Waals surface area contributed by atoms with Gasteiger partial charge in [-0.2, -0.15) is 0 Å². The first-order chi connectivity index (χ1) is 18.9. The fourth-order valence-electron chi connectivity index (χ4n) is 5.26. The van der Waals surface area contributed by atoms with Gasteiger partial charge in [0.15, 0.2) is 5.76 Å². The number of carbonyl (C=O) groups is 2.